The maximum atomic E-state index is 11.1. The Kier molecular flexibility index (Phi) is 2.51. The van der Waals surface area contributed by atoms with Crippen LogP contribution in [0.5, 0.6) is 0 Å². The second-order valence-corrected chi connectivity index (χ2v) is 3.56. The SMILES string of the molecule is CC(=O)Nc1c(C(=O)O)cnc2cc(C)nn12. The molecule has 17 heavy (non-hydrogen) atoms. The predicted octanol–water partition coefficient (Wildman–Crippen LogP) is 0.694. The topological polar surface area (TPSA) is 96.6 Å². The van der Waals surface area contributed by atoms with Gasteiger partial charge in [-0.1, -0.05) is 0 Å². The van der Waals surface area contributed by atoms with Crippen molar-refractivity contribution >= 4 is 23.3 Å². The molecule has 2 heterocycles. The maximum absolute atomic E-state index is 11.1. The van der Waals surface area contributed by atoms with E-state index >= 15 is 0 Å². The Labute approximate surface area is 96.1 Å². The average molecular weight is 234 g/mol. The average Bonchev–Trinajstić information content (AvgIpc) is 2.58. The molecule has 2 N–H and O–H groups in total. The summed E-state index contributed by atoms with van der Waals surface area (Å²) in [5, 5.41) is 15.5. The van der Waals surface area contributed by atoms with E-state index in [0.717, 1.165) is 0 Å². The zero-order chi connectivity index (χ0) is 12.6. The molecule has 2 aromatic rings. The summed E-state index contributed by atoms with van der Waals surface area (Å²) in [7, 11) is 0. The van der Waals surface area contributed by atoms with Crippen molar-refractivity contribution in [3.05, 3.63) is 23.5 Å². The number of aryl methyl sites for hydroxylation is 1. The lowest BCUT2D eigenvalue weighted by Gasteiger charge is -2.07. The minimum Gasteiger partial charge on any atom is -0.477 e. The van der Waals surface area contributed by atoms with Gasteiger partial charge in [-0.15, -0.1) is 0 Å². The first-order valence-electron chi connectivity index (χ1n) is 4.85. The second-order valence-electron chi connectivity index (χ2n) is 3.56. The zero-order valence-electron chi connectivity index (χ0n) is 9.26. The van der Waals surface area contributed by atoms with Gasteiger partial charge in [0.1, 0.15) is 5.56 Å². The van der Waals surface area contributed by atoms with Crippen LogP contribution in [-0.4, -0.2) is 31.6 Å². The van der Waals surface area contributed by atoms with Gasteiger partial charge in [0.25, 0.3) is 0 Å². The van der Waals surface area contributed by atoms with E-state index in [1.807, 2.05) is 0 Å². The molecule has 7 nitrogen and oxygen atoms in total. The Balaban J connectivity index is 2.73. The minimum absolute atomic E-state index is 0.101. The molecule has 2 aromatic heterocycles. The van der Waals surface area contributed by atoms with Crippen molar-refractivity contribution < 1.29 is 14.7 Å². The summed E-state index contributed by atoms with van der Waals surface area (Å²) in [5.41, 5.74) is 1.07. The van der Waals surface area contributed by atoms with Crippen molar-refractivity contribution in [1.29, 1.82) is 0 Å². The Morgan fingerprint density at radius 2 is 2.18 bits per heavy atom. The molecule has 0 spiro atoms. The number of amides is 1. The second kappa shape index (κ2) is 3.85. The van der Waals surface area contributed by atoms with Gasteiger partial charge in [0.15, 0.2) is 11.5 Å². The van der Waals surface area contributed by atoms with Gasteiger partial charge < -0.3 is 10.4 Å². The lowest BCUT2D eigenvalue weighted by molar-refractivity contribution is -0.114. The first-order chi connectivity index (χ1) is 7.99. The van der Waals surface area contributed by atoms with E-state index in [1.54, 1.807) is 13.0 Å². The highest BCUT2D eigenvalue weighted by atomic mass is 16.4. The molecule has 1 amide bonds. The van der Waals surface area contributed by atoms with Crippen molar-refractivity contribution in [3.8, 4) is 0 Å². The van der Waals surface area contributed by atoms with Crippen molar-refractivity contribution in [2.75, 3.05) is 5.32 Å². The smallest absolute Gasteiger partial charge is 0.341 e. The summed E-state index contributed by atoms with van der Waals surface area (Å²) in [6.45, 7) is 3.06. The molecule has 0 aliphatic rings. The fourth-order valence-corrected chi connectivity index (χ4v) is 1.49. The summed E-state index contributed by atoms with van der Waals surface area (Å²) < 4.78 is 1.31. The fourth-order valence-electron chi connectivity index (χ4n) is 1.49. The Hall–Kier alpha value is -2.44. The van der Waals surface area contributed by atoms with E-state index in [-0.39, 0.29) is 17.3 Å². The number of fused-ring (bicyclic) bond motifs is 1. The van der Waals surface area contributed by atoms with Gasteiger partial charge in [-0.2, -0.15) is 9.61 Å². The lowest BCUT2D eigenvalue weighted by Crippen LogP contribution is -2.15. The van der Waals surface area contributed by atoms with Gasteiger partial charge in [-0.25, -0.2) is 9.78 Å². The van der Waals surface area contributed by atoms with Crippen LogP contribution in [0.3, 0.4) is 0 Å². The van der Waals surface area contributed by atoms with Crippen LogP contribution in [0.4, 0.5) is 5.82 Å². The van der Waals surface area contributed by atoms with Crippen molar-refractivity contribution in [2.24, 2.45) is 0 Å². The number of carboxylic acid groups (broad SMARTS) is 1. The van der Waals surface area contributed by atoms with Crippen LogP contribution >= 0.6 is 0 Å². The Morgan fingerprint density at radius 1 is 1.47 bits per heavy atom. The van der Waals surface area contributed by atoms with E-state index in [9.17, 15) is 9.59 Å². The lowest BCUT2D eigenvalue weighted by atomic mass is 10.3. The van der Waals surface area contributed by atoms with Crippen LogP contribution in [0.15, 0.2) is 12.3 Å². The maximum Gasteiger partial charge on any atom is 0.341 e. The summed E-state index contributed by atoms with van der Waals surface area (Å²) in [6.07, 6.45) is 1.20. The van der Waals surface area contributed by atoms with E-state index < -0.39 is 5.97 Å². The summed E-state index contributed by atoms with van der Waals surface area (Å²) in [5.74, 6) is -1.42. The van der Waals surface area contributed by atoms with Crippen LogP contribution in [0.25, 0.3) is 5.65 Å². The molecule has 0 atom stereocenters. The third kappa shape index (κ3) is 1.94. The molecule has 0 saturated heterocycles. The highest BCUT2D eigenvalue weighted by molar-refractivity contribution is 5.98. The van der Waals surface area contributed by atoms with Crippen molar-refractivity contribution in [2.45, 2.75) is 13.8 Å². The van der Waals surface area contributed by atoms with Crippen LogP contribution in [0.1, 0.15) is 23.0 Å². The number of carbonyl (C=O) groups is 2. The molecule has 0 unspecified atom stereocenters. The molecule has 0 fully saturated rings. The molecule has 0 aliphatic heterocycles. The normalized spacial score (nSPS) is 10.5. The summed E-state index contributed by atoms with van der Waals surface area (Å²) >= 11 is 0. The van der Waals surface area contributed by atoms with Crippen LogP contribution < -0.4 is 5.32 Å². The Morgan fingerprint density at radius 3 is 2.76 bits per heavy atom. The summed E-state index contributed by atoms with van der Waals surface area (Å²) in [4.78, 5) is 26.1. The van der Waals surface area contributed by atoms with Gasteiger partial charge in [0.2, 0.25) is 5.91 Å². The first-order valence-corrected chi connectivity index (χ1v) is 4.85. The third-order valence-electron chi connectivity index (χ3n) is 2.13. The van der Waals surface area contributed by atoms with Gasteiger partial charge in [-0.05, 0) is 6.92 Å². The molecule has 0 saturated carbocycles. The number of carboxylic acids is 1. The molecule has 0 aliphatic carbocycles. The van der Waals surface area contributed by atoms with Crippen LogP contribution in [0, 0.1) is 6.92 Å². The highest BCUT2D eigenvalue weighted by Crippen LogP contribution is 2.17. The van der Waals surface area contributed by atoms with Crippen molar-refractivity contribution in [1.82, 2.24) is 14.6 Å². The molecule has 88 valence electrons. The van der Waals surface area contributed by atoms with Gasteiger partial charge in [0.05, 0.1) is 5.69 Å². The standard InChI is InChI=1S/C10H10N4O3/c1-5-3-8-11-4-7(10(16)17)9(12-6(2)15)14(8)13-5/h3-4H,1-2H3,(H,12,15)(H,16,17). The number of rotatable bonds is 2. The van der Waals surface area contributed by atoms with Crippen LogP contribution in [0.2, 0.25) is 0 Å². The number of aromatic nitrogens is 3. The molecule has 0 aromatic carbocycles. The number of aromatic carboxylic acids is 1. The van der Waals surface area contributed by atoms with Gasteiger partial charge in [0, 0.05) is 19.2 Å². The van der Waals surface area contributed by atoms with Gasteiger partial charge >= 0.3 is 5.97 Å². The fraction of sp³-hybridized carbons (Fsp3) is 0.200. The number of nitrogens with zero attached hydrogens (tertiary/aromatic N) is 3. The molecular weight excluding hydrogens is 224 g/mol. The first kappa shape index (κ1) is 11.1. The van der Waals surface area contributed by atoms with E-state index in [2.05, 4.69) is 15.4 Å². The molecule has 2 rings (SSSR count). The van der Waals surface area contributed by atoms with E-state index in [1.165, 1.54) is 17.6 Å². The van der Waals surface area contributed by atoms with Gasteiger partial charge in [-0.3, -0.25) is 4.79 Å². The van der Waals surface area contributed by atoms with Crippen molar-refractivity contribution in [3.63, 3.8) is 0 Å². The summed E-state index contributed by atoms with van der Waals surface area (Å²) in [6, 6.07) is 1.69. The largest absolute Gasteiger partial charge is 0.477 e. The number of hydrogen-bond donors (Lipinski definition) is 2. The molecule has 7 heteroatoms. The number of hydrogen-bond acceptors (Lipinski definition) is 4. The number of nitrogens with one attached hydrogen (secondary N) is 1. The quantitative estimate of drug-likeness (QED) is 0.797. The molecule has 0 bridgehead atoms. The predicted molar refractivity (Wildman–Crippen MR) is 59.0 cm³/mol. The monoisotopic (exact) mass is 234 g/mol. The van der Waals surface area contributed by atoms with Crippen LogP contribution in [-0.2, 0) is 4.79 Å². The minimum atomic E-state index is -1.17. The van der Waals surface area contributed by atoms with E-state index in [0.29, 0.717) is 11.3 Å². The molecular formula is C10H10N4O3. The van der Waals surface area contributed by atoms with E-state index in [4.69, 9.17) is 5.11 Å². The zero-order valence-corrected chi connectivity index (χ0v) is 9.26. The molecule has 0 radical (unpaired) electrons. The number of carbonyl (C=O) groups excluding carboxylic acids is 1. The number of anilines is 1. The highest BCUT2D eigenvalue weighted by Gasteiger charge is 2.16. The Bertz CT molecular complexity index is 617. The third-order valence-corrected chi connectivity index (χ3v) is 2.13.